The number of carbonyl (C=O) groups excluding carboxylic acids is 2. The van der Waals surface area contributed by atoms with E-state index in [2.05, 4.69) is 20.8 Å². The number of nitrogens with one attached hydrogen (secondary N) is 3. The maximum atomic E-state index is 12.4. The van der Waals surface area contributed by atoms with Crippen molar-refractivity contribution >= 4 is 34.1 Å². The van der Waals surface area contributed by atoms with Crippen molar-refractivity contribution in [2.24, 2.45) is 5.92 Å². The van der Waals surface area contributed by atoms with Crippen LogP contribution in [0.1, 0.15) is 30.8 Å². The van der Waals surface area contributed by atoms with Gasteiger partial charge < -0.3 is 10.6 Å². The Morgan fingerprint density at radius 3 is 2.32 bits per heavy atom. The fourth-order valence-corrected chi connectivity index (χ4v) is 2.55. The molecule has 0 radical (unpaired) electrons. The molecule has 3 aromatic rings. The van der Waals surface area contributed by atoms with Gasteiger partial charge in [-0.25, -0.2) is 0 Å². The Morgan fingerprint density at radius 1 is 1.00 bits per heavy atom. The van der Waals surface area contributed by atoms with Crippen LogP contribution in [0.3, 0.4) is 0 Å². The van der Waals surface area contributed by atoms with E-state index in [1.54, 1.807) is 24.3 Å². The fourth-order valence-electron chi connectivity index (χ4n) is 2.55. The molecular formula is C19H20N4O2. The lowest BCUT2D eigenvalue weighted by atomic mass is 10.1. The molecule has 1 heterocycles. The molecule has 0 saturated carbocycles. The number of aromatic amines is 1. The maximum Gasteiger partial charge on any atom is 0.276 e. The third-order valence-corrected chi connectivity index (χ3v) is 3.71. The Morgan fingerprint density at radius 2 is 1.64 bits per heavy atom. The SMILES string of the molecule is CC(C)CC(=O)Nc1ccc(NC(=O)c2n[nH]c3ccccc23)cc1. The van der Waals surface area contributed by atoms with Crippen LogP contribution in [0, 0.1) is 5.92 Å². The lowest BCUT2D eigenvalue weighted by molar-refractivity contribution is -0.116. The van der Waals surface area contributed by atoms with Crippen molar-refractivity contribution in [1.29, 1.82) is 0 Å². The molecule has 0 bridgehead atoms. The maximum absolute atomic E-state index is 12.4. The van der Waals surface area contributed by atoms with Gasteiger partial charge in [0.15, 0.2) is 5.69 Å². The first-order chi connectivity index (χ1) is 12.0. The number of para-hydroxylation sites is 1. The lowest BCUT2D eigenvalue weighted by Crippen LogP contribution is -2.14. The first-order valence-corrected chi connectivity index (χ1v) is 8.17. The number of hydrogen-bond acceptors (Lipinski definition) is 3. The van der Waals surface area contributed by atoms with Gasteiger partial charge in [0.1, 0.15) is 0 Å². The average molecular weight is 336 g/mol. The average Bonchev–Trinajstić information content (AvgIpc) is 3.00. The van der Waals surface area contributed by atoms with E-state index in [-0.39, 0.29) is 11.8 Å². The van der Waals surface area contributed by atoms with Gasteiger partial charge in [0.2, 0.25) is 5.91 Å². The zero-order chi connectivity index (χ0) is 17.8. The Bertz CT molecular complexity index is 897. The molecule has 2 amide bonds. The monoisotopic (exact) mass is 336 g/mol. The van der Waals surface area contributed by atoms with E-state index in [0.29, 0.717) is 29.4 Å². The highest BCUT2D eigenvalue weighted by Gasteiger charge is 2.14. The number of amides is 2. The normalized spacial score (nSPS) is 10.8. The van der Waals surface area contributed by atoms with Gasteiger partial charge in [-0.2, -0.15) is 5.10 Å². The van der Waals surface area contributed by atoms with Crippen molar-refractivity contribution in [3.05, 3.63) is 54.2 Å². The first kappa shape index (κ1) is 16.7. The Labute approximate surface area is 145 Å². The largest absolute Gasteiger partial charge is 0.326 e. The zero-order valence-electron chi connectivity index (χ0n) is 14.2. The van der Waals surface area contributed by atoms with E-state index in [4.69, 9.17) is 0 Å². The summed E-state index contributed by atoms with van der Waals surface area (Å²) in [6.07, 6.45) is 0.477. The quantitative estimate of drug-likeness (QED) is 0.662. The standard InChI is InChI=1S/C19H20N4O2/c1-12(2)11-17(24)20-13-7-9-14(10-8-13)21-19(25)18-15-5-3-4-6-16(15)22-23-18/h3-10,12H,11H2,1-2H3,(H,20,24)(H,21,25)(H,22,23). The number of nitrogens with zero attached hydrogens (tertiary/aromatic N) is 1. The van der Waals surface area contributed by atoms with E-state index in [1.807, 2.05) is 38.1 Å². The van der Waals surface area contributed by atoms with E-state index >= 15 is 0 Å². The third-order valence-electron chi connectivity index (χ3n) is 3.71. The van der Waals surface area contributed by atoms with Crippen LogP contribution < -0.4 is 10.6 Å². The molecule has 3 N–H and O–H groups in total. The summed E-state index contributed by atoms with van der Waals surface area (Å²) >= 11 is 0. The summed E-state index contributed by atoms with van der Waals surface area (Å²) in [4.78, 5) is 24.2. The van der Waals surface area contributed by atoms with Crippen LogP contribution in [-0.4, -0.2) is 22.0 Å². The van der Waals surface area contributed by atoms with E-state index in [9.17, 15) is 9.59 Å². The minimum absolute atomic E-state index is 0.0187. The molecule has 6 heteroatoms. The van der Waals surface area contributed by atoms with Gasteiger partial charge in [0.05, 0.1) is 5.52 Å². The highest BCUT2D eigenvalue weighted by Crippen LogP contribution is 2.18. The second-order valence-electron chi connectivity index (χ2n) is 6.30. The molecule has 6 nitrogen and oxygen atoms in total. The molecule has 3 rings (SSSR count). The predicted octanol–water partition coefficient (Wildman–Crippen LogP) is 3.80. The van der Waals surface area contributed by atoms with E-state index in [0.717, 1.165) is 10.9 Å². The van der Waals surface area contributed by atoms with Crippen LogP contribution in [0.15, 0.2) is 48.5 Å². The van der Waals surface area contributed by atoms with Gasteiger partial charge in [-0.3, -0.25) is 14.7 Å². The molecule has 0 saturated heterocycles. The van der Waals surface area contributed by atoms with Crippen LogP contribution in [0.2, 0.25) is 0 Å². The van der Waals surface area contributed by atoms with Crippen molar-refractivity contribution in [3.63, 3.8) is 0 Å². The summed E-state index contributed by atoms with van der Waals surface area (Å²) in [6.45, 7) is 3.99. The molecule has 128 valence electrons. The number of rotatable bonds is 5. The van der Waals surface area contributed by atoms with Gasteiger partial charge >= 0.3 is 0 Å². The topological polar surface area (TPSA) is 86.9 Å². The number of fused-ring (bicyclic) bond motifs is 1. The Hall–Kier alpha value is -3.15. The van der Waals surface area contributed by atoms with Crippen molar-refractivity contribution in [2.75, 3.05) is 10.6 Å². The molecular weight excluding hydrogens is 316 g/mol. The van der Waals surface area contributed by atoms with Crippen LogP contribution >= 0.6 is 0 Å². The van der Waals surface area contributed by atoms with Gasteiger partial charge in [-0.05, 0) is 36.2 Å². The number of hydrogen-bond donors (Lipinski definition) is 3. The summed E-state index contributed by atoms with van der Waals surface area (Å²) < 4.78 is 0. The Kier molecular flexibility index (Phi) is 4.79. The summed E-state index contributed by atoms with van der Waals surface area (Å²) in [5, 5.41) is 13.4. The molecule has 0 spiro atoms. The second kappa shape index (κ2) is 7.17. The molecule has 0 aliphatic heterocycles. The van der Waals surface area contributed by atoms with Gasteiger partial charge in [0, 0.05) is 23.2 Å². The van der Waals surface area contributed by atoms with Crippen molar-refractivity contribution in [3.8, 4) is 0 Å². The lowest BCUT2D eigenvalue weighted by Gasteiger charge is -2.08. The number of carbonyl (C=O) groups is 2. The van der Waals surface area contributed by atoms with Crippen LogP contribution in [-0.2, 0) is 4.79 Å². The smallest absolute Gasteiger partial charge is 0.276 e. The zero-order valence-corrected chi connectivity index (χ0v) is 14.2. The van der Waals surface area contributed by atoms with E-state index < -0.39 is 0 Å². The second-order valence-corrected chi connectivity index (χ2v) is 6.30. The summed E-state index contributed by atoms with van der Waals surface area (Å²) in [7, 11) is 0. The molecule has 25 heavy (non-hydrogen) atoms. The van der Waals surface area contributed by atoms with Gasteiger partial charge in [-0.15, -0.1) is 0 Å². The molecule has 0 fully saturated rings. The highest BCUT2D eigenvalue weighted by molar-refractivity contribution is 6.11. The van der Waals surface area contributed by atoms with E-state index in [1.165, 1.54) is 0 Å². The van der Waals surface area contributed by atoms with Crippen LogP contribution in [0.25, 0.3) is 10.9 Å². The summed E-state index contributed by atoms with van der Waals surface area (Å²) in [5.41, 5.74) is 2.51. The highest BCUT2D eigenvalue weighted by atomic mass is 16.2. The molecule has 0 atom stereocenters. The van der Waals surface area contributed by atoms with Crippen molar-refractivity contribution in [2.45, 2.75) is 20.3 Å². The fraction of sp³-hybridized carbons (Fsp3) is 0.211. The molecule has 0 aliphatic rings. The predicted molar refractivity (Wildman–Crippen MR) is 98.6 cm³/mol. The number of anilines is 2. The van der Waals surface area contributed by atoms with Gasteiger partial charge in [-0.1, -0.05) is 32.0 Å². The number of H-pyrrole nitrogens is 1. The molecule has 2 aromatic carbocycles. The Balaban J connectivity index is 1.67. The number of benzene rings is 2. The third kappa shape index (κ3) is 4.03. The summed E-state index contributed by atoms with van der Waals surface area (Å²) in [6, 6.07) is 14.5. The molecule has 0 unspecified atom stereocenters. The van der Waals surface area contributed by atoms with Crippen LogP contribution in [0.4, 0.5) is 11.4 Å². The molecule has 1 aromatic heterocycles. The van der Waals surface area contributed by atoms with Gasteiger partial charge in [0.25, 0.3) is 5.91 Å². The minimum Gasteiger partial charge on any atom is -0.326 e. The van der Waals surface area contributed by atoms with Crippen molar-refractivity contribution < 1.29 is 9.59 Å². The number of aromatic nitrogens is 2. The minimum atomic E-state index is -0.283. The first-order valence-electron chi connectivity index (χ1n) is 8.17. The van der Waals surface area contributed by atoms with Crippen LogP contribution in [0.5, 0.6) is 0 Å². The van der Waals surface area contributed by atoms with Crippen molar-refractivity contribution in [1.82, 2.24) is 10.2 Å². The molecule has 0 aliphatic carbocycles. The summed E-state index contributed by atoms with van der Waals surface area (Å²) in [5.74, 6) is 0.00561.